The van der Waals surface area contributed by atoms with E-state index in [0.29, 0.717) is 24.4 Å². The molecule has 78 valence electrons. The molecule has 2 rings (SSSR count). The van der Waals surface area contributed by atoms with E-state index in [4.69, 9.17) is 9.26 Å². The van der Waals surface area contributed by atoms with Gasteiger partial charge in [-0.15, -0.1) is 0 Å². The highest BCUT2D eigenvalue weighted by Crippen LogP contribution is 2.31. The molecule has 0 spiro atoms. The fourth-order valence-corrected chi connectivity index (χ4v) is 1.61. The van der Waals surface area contributed by atoms with Crippen LogP contribution in [0, 0.1) is 0 Å². The molecular formula is C9H15N3O2. The quantitative estimate of drug-likeness (QED) is 0.784. The van der Waals surface area contributed by atoms with Gasteiger partial charge in [-0.2, -0.15) is 4.98 Å². The average Bonchev–Trinajstić information content (AvgIpc) is 2.74. The standard InChI is InChI=1S/C9H15N3O2/c1-6-3-4-7(13-6)9-11-8(5-10-2)12-14-9/h6-7,10H,3-5H2,1-2H3. The molecule has 1 aromatic heterocycles. The van der Waals surface area contributed by atoms with Crippen LogP contribution in [0.5, 0.6) is 0 Å². The minimum absolute atomic E-state index is 0.00288. The van der Waals surface area contributed by atoms with Crippen molar-refractivity contribution in [3.05, 3.63) is 11.7 Å². The van der Waals surface area contributed by atoms with Gasteiger partial charge >= 0.3 is 0 Å². The van der Waals surface area contributed by atoms with E-state index in [1.807, 2.05) is 7.05 Å². The van der Waals surface area contributed by atoms with Crippen molar-refractivity contribution in [2.75, 3.05) is 7.05 Å². The second kappa shape index (κ2) is 4.06. The zero-order valence-corrected chi connectivity index (χ0v) is 8.49. The van der Waals surface area contributed by atoms with Crippen molar-refractivity contribution in [1.82, 2.24) is 15.5 Å². The molecule has 1 fully saturated rings. The number of nitrogens with one attached hydrogen (secondary N) is 1. The van der Waals surface area contributed by atoms with Gasteiger partial charge in [0.25, 0.3) is 5.89 Å². The Hall–Kier alpha value is -0.940. The number of hydrogen-bond donors (Lipinski definition) is 1. The molecular weight excluding hydrogens is 182 g/mol. The highest BCUT2D eigenvalue weighted by atomic mass is 16.5. The van der Waals surface area contributed by atoms with Crippen molar-refractivity contribution < 1.29 is 9.26 Å². The van der Waals surface area contributed by atoms with E-state index in [9.17, 15) is 0 Å². The zero-order valence-electron chi connectivity index (χ0n) is 8.49. The third-order valence-corrected chi connectivity index (χ3v) is 2.33. The molecule has 0 aromatic carbocycles. The van der Waals surface area contributed by atoms with E-state index in [-0.39, 0.29) is 6.10 Å². The lowest BCUT2D eigenvalue weighted by atomic mass is 10.2. The van der Waals surface area contributed by atoms with Gasteiger partial charge < -0.3 is 14.6 Å². The van der Waals surface area contributed by atoms with Gasteiger partial charge in [-0.25, -0.2) is 0 Å². The van der Waals surface area contributed by atoms with Crippen LogP contribution in [0.2, 0.25) is 0 Å². The monoisotopic (exact) mass is 197 g/mol. The normalized spacial score (nSPS) is 27.0. The molecule has 14 heavy (non-hydrogen) atoms. The molecule has 1 N–H and O–H groups in total. The zero-order chi connectivity index (χ0) is 9.97. The van der Waals surface area contributed by atoms with Gasteiger partial charge in [-0.05, 0) is 26.8 Å². The number of aromatic nitrogens is 2. The SMILES string of the molecule is CNCc1noc(C2CCC(C)O2)n1. The van der Waals surface area contributed by atoms with Gasteiger partial charge in [0, 0.05) is 0 Å². The molecule has 1 aliphatic heterocycles. The van der Waals surface area contributed by atoms with Gasteiger partial charge in [-0.1, -0.05) is 5.16 Å². The molecule has 0 saturated carbocycles. The van der Waals surface area contributed by atoms with Crippen LogP contribution in [0.25, 0.3) is 0 Å². The molecule has 5 heteroatoms. The highest BCUT2D eigenvalue weighted by Gasteiger charge is 2.27. The first-order valence-corrected chi connectivity index (χ1v) is 4.92. The van der Waals surface area contributed by atoms with Crippen LogP contribution in [-0.2, 0) is 11.3 Å². The molecule has 0 amide bonds. The van der Waals surface area contributed by atoms with Gasteiger partial charge in [0.15, 0.2) is 5.82 Å². The minimum Gasteiger partial charge on any atom is -0.365 e. The lowest BCUT2D eigenvalue weighted by molar-refractivity contribution is 0.0355. The first kappa shape index (κ1) is 9.61. The third kappa shape index (κ3) is 1.93. The smallest absolute Gasteiger partial charge is 0.255 e. The Kier molecular flexibility index (Phi) is 2.79. The van der Waals surface area contributed by atoms with Crippen molar-refractivity contribution in [1.29, 1.82) is 0 Å². The molecule has 5 nitrogen and oxygen atoms in total. The highest BCUT2D eigenvalue weighted by molar-refractivity contribution is 4.92. The topological polar surface area (TPSA) is 60.2 Å². The summed E-state index contributed by atoms with van der Waals surface area (Å²) in [7, 11) is 1.85. The first-order chi connectivity index (χ1) is 6.79. The van der Waals surface area contributed by atoms with Crippen LogP contribution in [0.3, 0.4) is 0 Å². The summed E-state index contributed by atoms with van der Waals surface area (Å²) in [5, 5.41) is 6.82. The van der Waals surface area contributed by atoms with Crippen LogP contribution in [0.1, 0.15) is 37.6 Å². The van der Waals surface area contributed by atoms with Crippen LogP contribution < -0.4 is 5.32 Å². The average molecular weight is 197 g/mol. The first-order valence-electron chi connectivity index (χ1n) is 4.92. The van der Waals surface area contributed by atoms with E-state index in [2.05, 4.69) is 22.4 Å². The Morgan fingerprint density at radius 1 is 1.50 bits per heavy atom. The summed E-state index contributed by atoms with van der Waals surface area (Å²) in [4.78, 5) is 4.25. The van der Waals surface area contributed by atoms with E-state index in [1.54, 1.807) is 0 Å². The van der Waals surface area contributed by atoms with Gasteiger partial charge in [0.1, 0.15) is 6.10 Å². The molecule has 0 aliphatic carbocycles. The van der Waals surface area contributed by atoms with E-state index in [1.165, 1.54) is 0 Å². The van der Waals surface area contributed by atoms with Crippen LogP contribution >= 0.6 is 0 Å². The Morgan fingerprint density at radius 3 is 3.00 bits per heavy atom. The molecule has 2 unspecified atom stereocenters. The summed E-state index contributed by atoms with van der Waals surface area (Å²) in [5.41, 5.74) is 0. The van der Waals surface area contributed by atoms with Gasteiger partial charge in [0.2, 0.25) is 0 Å². The lowest BCUT2D eigenvalue weighted by Crippen LogP contribution is -2.07. The van der Waals surface area contributed by atoms with Crippen molar-refractivity contribution >= 4 is 0 Å². The molecule has 1 aliphatic rings. The molecule has 1 aromatic rings. The second-order valence-electron chi connectivity index (χ2n) is 3.59. The summed E-state index contributed by atoms with van der Waals surface area (Å²) >= 11 is 0. The van der Waals surface area contributed by atoms with Crippen LogP contribution in [-0.4, -0.2) is 23.3 Å². The number of ether oxygens (including phenoxy) is 1. The third-order valence-electron chi connectivity index (χ3n) is 2.33. The molecule has 1 saturated heterocycles. The van der Waals surface area contributed by atoms with Crippen LogP contribution in [0.15, 0.2) is 4.52 Å². The lowest BCUT2D eigenvalue weighted by Gasteiger charge is -2.04. The van der Waals surface area contributed by atoms with Crippen LogP contribution in [0.4, 0.5) is 0 Å². The number of rotatable bonds is 3. The van der Waals surface area contributed by atoms with Gasteiger partial charge in [-0.3, -0.25) is 0 Å². The molecule has 2 heterocycles. The number of hydrogen-bond acceptors (Lipinski definition) is 5. The van der Waals surface area contributed by atoms with E-state index in [0.717, 1.165) is 12.8 Å². The van der Waals surface area contributed by atoms with Crippen molar-refractivity contribution in [3.8, 4) is 0 Å². The minimum atomic E-state index is 0.00288. The fraction of sp³-hybridized carbons (Fsp3) is 0.778. The fourth-order valence-electron chi connectivity index (χ4n) is 1.61. The van der Waals surface area contributed by atoms with E-state index >= 15 is 0 Å². The van der Waals surface area contributed by atoms with E-state index < -0.39 is 0 Å². The van der Waals surface area contributed by atoms with Crippen molar-refractivity contribution in [2.45, 2.75) is 38.5 Å². The van der Waals surface area contributed by atoms with Crippen molar-refractivity contribution in [3.63, 3.8) is 0 Å². The molecule has 2 atom stereocenters. The Balaban J connectivity index is 2.02. The Bertz CT molecular complexity index is 300. The Morgan fingerprint density at radius 2 is 2.36 bits per heavy atom. The summed E-state index contributed by atoms with van der Waals surface area (Å²) in [5.74, 6) is 1.30. The summed E-state index contributed by atoms with van der Waals surface area (Å²) < 4.78 is 10.7. The predicted molar refractivity (Wildman–Crippen MR) is 49.6 cm³/mol. The maximum atomic E-state index is 5.62. The molecule has 0 bridgehead atoms. The number of nitrogens with zero attached hydrogens (tertiary/aromatic N) is 2. The second-order valence-corrected chi connectivity index (χ2v) is 3.59. The predicted octanol–water partition coefficient (Wildman–Crippen LogP) is 1.03. The molecule has 0 radical (unpaired) electrons. The summed E-state index contributed by atoms with van der Waals surface area (Å²) in [6.45, 7) is 2.69. The van der Waals surface area contributed by atoms with Gasteiger partial charge in [0.05, 0.1) is 12.6 Å². The Labute approximate surface area is 82.8 Å². The van der Waals surface area contributed by atoms with Crippen molar-refractivity contribution in [2.24, 2.45) is 0 Å². The maximum absolute atomic E-state index is 5.62. The largest absolute Gasteiger partial charge is 0.365 e. The maximum Gasteiger partial charge on any atom is 0.255 e. The summed E-state index contributed by atoms with van der Waals surface area (Å²) in [6, 6.07) is 0. The summed E-state index contributed by atoms with van der Waals surface area (Å²) in [6.07, 6.45) is 2.35.